The largest absolute Gasteiger partial charge is 0.497 e. The maximum atomic E-state index is 15.1. The van der Waals surface area contributed by atoms with Crippen LogP contribution in [0.1, 0.15) is 37.8 Å². The number of piperazine rings is 1. The standard InChI is InChI=1S/C30H33ClFN5O3/c1-19(2)22-8-6-7-9-27(22)37(18-39)30-24(29(33-4)36-13-12-35(17-38)16-20(36)3)15-25(31)28(34-30)23-14-21(40-5)10-11-26(23)32/h6-11,14-15,17-20H,12-13,16H2,1-5H3/b33-29+. The number of ether oxygens (including phenoxy) is 1. The number of methoxy groups -OCH3 is 1. The van der Waals surface area contributed by atoms with E-state index in [1.807, 2.05) is 45.0 Å². The van der Waals surface area contributed by atoms with Crippen LogP contribution < -0.4 is 9.64 Å². The zero-order chi connectivity index (χ0) is 29.0. The number of anilines is 2. The Morgan fingerprint density at radius 3 is 2.58 bits per heavy atom. The second kappa shape index (κ2) is 12.5. The van der Waals surface area contributed by atoms with Crippen molar-refractivity contribution in [1.29, 1.82) is 0 Å². The Bertz CT molecular complexity index is 1430. The Morgan fingerprint density at radius 2 is 1.95 bits per heavy atom. The molecule has 0 saturated carbocycles. The molecule has 1 fully saturated rings. The molecule has 0 N–H and O–H groups in total. The summed E-state index contributed by atoms with van der Waals surface area (Å²) in [4.78, 5) is 38.9. The van der Waals surface area contributed by atoms with Gasteiger partial charge in [-0.3, -0.25) is 19.5 Å². The Hall–Kier alpha value is -3.98. The number of carbonyl (C=O) groups excluding carboxylic acids is 2. The molecule has 4 rings (SSSR count). The number of aliphatic imine (C=N–C) groups is 1. The fourth-order valence-corrected chi connectivity index (χ4v) is 5.30. The van der Waals surface area contributed by atoms with Crippen LogP contribution in [0, 0.1) is 5.82 Å². The van der Waals surface area contributed by atoms with Crippen LogP contribution in [0.4, 0.5) is 15.9 Å². The number of amides is 2. The topological polar surface area (TPSA) is 78.3 Å². The minimum absolute atomic E-state index is 0.0626. The third kappa shape index (κ3) is 5.65. The highest BCUT2D eigenvalue weighted by atomic mass is 35.5. The summed E-state index contributed by atoms with van der Waals surface area (Å²) in [5, 5.41) is 0.189. The van der Waals surface area contributed by atoms with Crippen LogP contribution in [0.2, 0.25) is 5.02 Å². The van der Waals surface area contributed by atoms with Gasteiger partial charge >= 0.3 is 0 Å². The van der Waals surface area contributed by atoms with E-state index in [1.165, 1.54) is 30.2 Å². The molecule has 1 saturated heterocycles. The Labute approximate surface area is 239 Å². The number of amidine groups is 1. The summed E-state index contributed by atoms with van der Waals surface area (Å²) < 4.78 is 20.4. The van der Waals surface area contributed by atoms with Gasteiger partial charge < -0.3 is 14.5 Å². The fraction of sp³-hybridized carbons (Fsp3) is 0.333. The molecule has 2 heterocycles. The summed E-state index contributed by atoms with van der Waals surface area (Å²) in [5.41, 5.74) is 2.41. The van der Waals surface area contributed by atoms with E-state index in [0.29, 0.717) is 48.9 Å². The lowest BCUT2D eigenvalue weighted by molar-refractivity contribution is -0.120. The molecule has 1 aliphatic heterocycles. The minimum Gasteiger partial charge on any atom is -0.497 e. The van der Waals surface area contributed by atoms with Gasteiger partial charge in [-0.15, -0.1) is 0 Å². The molecule has 40 heavy (non-hydrogen) atoms. The van der Waals surface area contributed by atoms with Crippen LogP contribution in [0.15, 0.2) is 53.5 Å². The molecule has 3 aromatic rings. The Balaban J connectivity index is 1.98. The van der Waals surface area contributed by atoms with E-state index < -0.39 is 5.82 Å². The van der Waals surface area contributed by atoms with Gasteiger partial charge in [-0.25, -0.2) is 9.37 Å². The molecule has 0 aliphatic carbocycles. The van der Waals surface area contributed by atoms with Crippen molar-refractivity contribution in [2.24, 2.45) is 4.99 Å². The van der Waals surface area contributed by atoms with E-state index in [1.54, 1.807) is 18.0 Å². The average molecular weight is 566 g/mol. The first kappa shape index (κ1) is 29.0. The smallest absolute Gasteiger partial charge is 0.219 e. The summed E-state index contributed by atoms with van der Waals surface area (Å²) in [6.45, 7) is 7.65. The van der Waals surface area contributed by atoms with Crippen molar-refractivity contribution in [3.05, 3.63) is 70.5 Å². The van der Waals surface area contributed by atoms with Gasteiger partial charge in [0, 0.05) is 38.3 Å². The predicted octanol–water partition coefficient (Wildman–Crippen LogP) is 5.51. The van der Waals surface area contributed by atoms with Gasteiger partial charge in [0.15, 0.2) is 5.82 Å². The van der Waals surface area contributed by atoms with E-state index in [0.717, 1.165) is 12.0 Å². The third-order valence-corrected chi connectivity index (χ3v) is 7.36. The van der Waals surface area contributed by atoms with Gasteiger partial charge in [-0.05, 0) is 48.7 Å². The molecule has 210 valence electrons. The molecule has 10 heteroatoms. The zero-order valence-corrected chi connectivity index (χ0v) is 24.0. The highest BCUT2D eigenvalue weighted by molar-refractivity contribution is 6.33. The summed E-state index contributed by atoms with van der Waals surface area (Å²) >= 11 is 6.80. The molecule has 1 atom stereocenters. The monoisotopic (exact) mass is 565 g/mol. The zero-order valence-electron chi connectivity index (χ0n) is 23.3. The number of pyridine rings is 1. The highest BCUT2D eigenvalue weighted by Gasteiger charge is 2.31. The van der Waals surface area contributed by atoms with Crippen LogP contribution in [-0.2, 0) is 9.59 Å². The molecular weight excluding hydrogens is 533 g/mol. The second-order valence-corrected chi connectivity index (χ2v) is 10.3. The van der Waals surface area contributed by atoms with Gasteiger partial charge in [-0.2, -0.15) is 0 Å². The van der Waals surface area contributed by atoms with E-state index >= 15 is 4.39 Å². The van der Waals surface area contributed by atoms with Crippen LogP contribution in [0.5, 0.6) is 5.75 Å². The van der Waals surface area contributed by atoms with Crippen molar-refractivity contribution >= 4 is 41.8 Å². The van der Waals surface area contributed by atoms with Crippen molar-refractivity contribution in [2.75, 3.05) is 38.7 Å². The molecular formula is C30H33ClFN5O3. The van der Waals surface area contributed by atoms with Crippen LogP contribution in [-0.4, -0.2) is 73.3 Å². The van der Waals surface area contributed by atoms with Crippen LogP contribution >= 0.6 is 11.6 Å². The first-order valence-corrected chi connectivity index (χ1v) is 13.4. The lowest BCUT2D eigenvalue weighted by Gasteiger charge is -2.40. The van der Waals surface area contributed by atoms with Crippen molar-refractivity contribution in [3.63, 3.8) is 0 Å². The normalized spacial score (nSPS) is 15.8. The Morgan fingerprint density at radius 1 is 1.20 bits per heavy atom. The summed E-state index contributed by atoms with van der Waals surface area (Å²) in [6, 6.07) is 13.5. The molecule has 0 spiro atoms. The van der Waals surface area contributed by atoms with Crippen molar-refractivity contribution < 1.29 is 18.7 Å². The molecule has 1 aliphatic rings. The number of para-hydroxylation sites is 1. The predicted molar refractivity (Wildman–Crippen MR) is 156 cm³/mol. The van der Waals surface area contributed by atoms with Crippen molar-refractivity contribution in [1.82, 2.24) is 14.8 Å². The van der Waals surface area contributed by atoms with E-state index in [4.69, 9.17) is 21.3 Å². The number of hydrogen-bond acceptors (Lipinski definition) is 5. The molecule has 0 radical (unpaired) electrons. The first-order chi connectivity index (χ1) is 19.2. The Kier molecular flexibility index (Phi) is 9.04. The van der Waals surface area contributed by atoms with Crippen molar-refractivity contribution in [2.45, 2.75) is 32.7 Å². The van der Waals surface area contributed by atoms with E-state index in [9.17, 15) is 9.59 Å². The van der Waals surface area contributed by atoms with Gasteiger partial charge in [0.2, 0.25) is 12.8 Å². The number of carbonyl (C=O) groups is 2. The van der Waals surface area contributed by atoms with Crippen molar-refractivity contribution in [3.8, 4) is 17.0 Å². The van der Waals surface area contributed by atoms with E-state index in [2.05, 4.69) is 9.89 Å². The molecule has 1 unspecified atom stereocenters. The number of nitrogens with zero attached hydrogens (tertiary/aromatic N) is 5. The number of hydrogen-bond donors (Lipinski definition) is 0. The highest BCUT2D eigenvalue weighted by Crippen LogP contribution is 2.39. The first-order valence-electron chi connectivity index (χ1n) is 13.0. The lowest BCUT2D eigenvalue weighted by Crippen LogP contribution is -2.53. The second-order valence-electron chi connectivity index (χ2n) is 9.91. The number of benzene rings is 2. The fourth-order valence-electron chi connectivity index (χ4n) is 5.04. The summed E-state index contributed by atoms with van der Waals surface area (Å²) in [5.74, 6) is 0.844. The quantitative estimate of drug-likeness (QED) is 0.204. The summed E-state index contributed by atoms with van der Waals surface area (Å²) in [7, 11) is 3.15. The van der Waals surface area contributed by atoms with Gasteiger partial charge in [0.05, 0.1) is 29.1 Å². The molecule has 1 aromatic heterocycles. The molecule has 2 amide bonds. The maximum Gasteiger partial charge on any atom is 0.219 e. The number of halogens is 2. The molecule has 8 nitrogen and oxygen atoms in total. The van der Waals surface area contributed by atoms with Gasteiger partial charge in [0.1, 0.15) is 17.4 Å². The molecule has 2 aromatic carbocycles. The number of rotatable bonds is 8. The summed E-state index contributed by atoms with van der Waals surface area (Å²) in [6.07, 6.45) is 1.54. The SMILES string of the molecule is C/N=C(\c1cc(Cl)c(-c2cc(OC)ccc2F)nc1N(C=O)c1ccccc1C(C)C)N1CCN(C=O)CC1C. The van der Waals surface area contributed by atoms with Gasteiger partial charge in [0.25, 0.3) is 0 Å². The minimum atomic E-state index is -0.530. The molecule has 0 bridgehead atoms. The van der Waals surface area contributed by atoms with Crippen LogP contribution in [0.3, 0.4) is 0 Å². The van der Waals surface area contributed by atoms with Gasteiger partial charge in [-0.1, -0.05) is 43.6 Å². The maximum absolute atomic E-state index is 15.1. The lowest BCUT2D eigenvalue weighted by atomic mass is 10.00. The van der Waals surface area contributed by atoms with Crippen LogP contribution in [0.25, 0.3) is 11.3 Å². The van der Waals surface area contributed by atoms with E-state index in [-0.39, 0.29) is 34.1 Å². The third-order valence-electron chi connectivity index (χ3n) is 7.07. The average Bonchev–Trinajstić information content (AvgIpc) is 2.96. The number of aromatic nitrogens is 1.